The van der Waals surface area contributed by atoms with Crippen molar-refractivity contribution in [2.75, 3.05) is 25.1 Å². The molecule has 7 nitrogen and oxygen atoms in total. The van der Waals surface area contributed by atoms with Gasteiger partial charge >= 0.3 is 0 Å². The summed E-state index contributed by atoms with van der Waals surface area (Å²) in [6.07, 6.45) is 4.10. The molecule has 2 aliphatic heterocycles. The minimum atomic E-state index is -0.119. The van der Waals surface area contributed by atoms with Gasteiger partial charge in [0.2, 0.25) is 5.91 Å². The van der Waals surface area contributed by atoms with Gasteiger partial charge < -0.3 is 19.5 Å². The summed E-state index contributed by atoms with van der Waals surface area (Å²) >= 11 is 0. The van der Waals surface area contributed by atoms with Crippen molar-refractivity contribution in [3.8, 4) is 11.5 Å². The Kier molecular flexibility index (Phi) is 4.08. The molecule has 1 amide bonds. The summed E-state index contributed by atoms with van der Waals surface area (Å²) < 4.78 is 18.6. The predicted octanol–water partition coefficient (Wildman–Crippen LogP) is 1.70. The smallest absolute Gasteiger partial charge is 0.229 e. The van der Waals surface area contributed by atoms with Gasteiger partial charge in [0, 0.05) is 12.8 Å². The van der Waals surface area contributed by atoms with Crippen molar-refractivity contribution >= 4 is 11.6 Å². The van der Waals surface area contributed by atoms with Gasteiger partial charge in [0.15, 0.2) is 17.6 Å². The first kappa shape index (κ1) is 15.0. The zero-order valence-corrected chi connectivity index (χ0v) is 13.2. The monoisotopic (exact) mass is 329 g/mol. The van der Waals surface area contributed by atoms with Gasteiger partial charge in [0.05, 0.1) is 31.0 Å². The van der Waals surface area contributed by atoms with Gasteiger partial charge in [-0.15, -0.1) is 0 Å². The van der Waals surface area contributed by atoms with E-state index in [1.165, 1.54) is 0 Å². The number of amides is 1. The minimum Gasteiger partial charge on any atom is -0.486 e. The van der Waals surface area contributed by atoms with Gasteiger partial charge in [-0.1, -0.05) is 12.1 Å². The number of nitrogens with one attached hydrogen (secondary N) is 1. The second kappa shape index (κ2) is 6.52. The van der Waals surface area contributed by atoms with Crippen LogP contribution in [0.2, 0.25) is 0 Å². The highest BCUT2D eigenvalue weighted by molar-refractivity contribution is 5.92. The van der Waals surface area contributed by atoms with Crippen LogP contribution in [0.25, 0.3) is 0 Å². The second-order valence-electron chi connectivity index (χ2n) is 6.00. The summed E-state index contributed by atoms with van der Waals surface area (Å²) in [5.41, 5.74) is 0.684. The van der Waals surface area contributed by atoms with Crippen LogP contribution in [0.15, 0.2) is 36.7 Å². The van der Waals surface area contributed by atoms with Crippen molar-refractivity contribution in [3.63, 3.8) is 0 Å². The van der Waals surface area contributed by atoms with E-state index in [1.807, 2.05) is 24.3 Å². The van der Waals surface area contributed by atoms with E-state index >= 15 is 0 Å². The summed E-state index contributed by atoms with van der Waals surface area (Å²) in [6.45, 7) is 2.17. The molecule has 1 aromatic carbocycles. The Balaban J connectivity index is 1.35. The van der Waals surface area contributed by atoms with Crippen LogP contribution in [0.4, 0.5) is 5.69 Å². The summed E-state index contributed by atoms with van der Waals surface area (Å²) in [7, 11) is 0. The summed E-state index contributed by atoms with van der Waals surface area (Å²) in [4.78, 5) is 12.1. The second-order valence-corrected chi connectivity index (χ2v) is 6.00. The zero-order chi connectivity index (χ0) is 16.4. The molecule has 1 N–H and O–H groups in total. The highest BCUT2D eigenvalue weighted by atomic mass is 16.6. The van der Waals surface area contributed by atoms with Crippen molar-refractivity contribution in [2.24, 2.45) is 5.92 Å². The van der Waals surface area contributed by atoms with Gasteiger partial charge in [0.1, 0.15) is 6.61 Å². The number of carbonyl (C=O) groups is 1. The average molecular weight is 329 g/mol. The number of hydrogen-bond donors (Lipinski definition) is 1. The molecule has 126 valence electrons. The molecule has 0 radical (unpaired) electrons. The maximum Gasteiger partial charge on any atom is 0.229 e. The van der Waals surface area contributed by atoms with Crippen LogP contribution in [-0.2, 0) is 16.1 Å². The number of rotatable bonds is 4. The molecule has 1 saturated heterocycles. The third-order valence-corrected chi connectivity index (χ3v) is 4.16. The van der Waals surface area contributed by atoms with Crippen molar-refractivity contribution < 1.29 is 19.0 Å². The minimum absolute atomic E-state index is 0.0155. The van der Waals surface area contributed by atoms with E-state index in [4.69, 9.17) is 14.2 Å². The fourth-order valence-electron chi connectivity index (χ4n) is 2.88. The average Bonchev–Trinajstić information content (AvgIpc) is 3.27. The van der Waals surface area contributed by atoms with Crippen LogP contribution in [-0.4, -0.2) is 41.6 Å². The quantitative estimate of drug-likeness (QED) is 0.924. The number of benzene rings is 1. The molecule has 0 unspecified atom stereocenters. The number of nitrogens with zero attached hydrogens (tertiary/aromatic N) is 2. The number of hydrogen-bond acceptors (Lipinski definition) is 5. The number of aromatic nitrogens is 2. The Morgan fingerprint density at radius 2 is 2.17 bits per heavy atom. The molecule has 1 fully saturated rings. The zero-order valence-electron chi connectivity index (χ0n) is 13.2. The number of para-hydroxylation sites is 2. The lowest BCUT2D eigenvalue weighted by atomic mass is 10.1. The van der Waals surface area contributed by atoms with Crippen molar-refractivity contribution in [3.05, 3.63) is 36.7 Å². The highest BCUT2D eigenvalue weighted by Crippen LogP contribution is 2.31. The molecule has 2 atom stereocenters. The molecule has 7 heteroatoms. The van der Waals surface area contributed by atoms with Crippen LogP contribution in [0.1, 0.15) is 6.42 Å². The molecule has 4 rings (SSSR count). The lowest BCUT2D eigenvalue weighted by Gasteiger charge is -2.26. The van der Waals surface area contributed by atoms with E-state index in [-0.39, 0.29) is 17.9 Å². The van der Waals surface area contributed by atoms with Crippen LogP contribution in [0.3, 0.4) is 0 Å². The standard InChI is InChI=1S/C17H19N3O4/c21-17(12-5-6-22-10-12)19-13-7-18-20(8-13)9-14-11-23-15-3-1-2-4-16(15)24-14/h1-4,7-8,12,14H,5-6,9-11H2,(H,19,21)/t12-,14+/m1/s1. The molecule has 1 aromatic heterocycles. The molecule has 0 spiro atoms. The molecule has 2 aromatic rings. The third-order valence-electron chi connectivity index (χ3n) is 4.16. The van der Waals surface area contributed by atoms with Gasteiger partial charge in [-0.05, 0) is 18.6 Å². The van der Waals surface area contributed by atoms with Gasteiger partial charge in [-0.25, -0.2) is 0 Å². The first-order valence-electron chi connectivity index (χ1n) is 8.07. The molecule has 0 saturated carbocycles. The van der Waals surface area contributed by atoms with Gasteiger partial charge in [-0.3, -0.25) is 9.48 Å². The normalized spacial score (nSPS) is 22.3. The Morgan fingerprint density at radius 3 is 3.00 bits per heavy atom. The van der Waals surface area contributed by atoms with Crippen LogP contribution in [0.5, 0.6) is 11.5 Å². The number of carbonyl (C=O) groups excluding carboxylic acids is 1. The summed E-state index contributed by atoms with van der Waals surface area (Å²) in [5, 5.41) is 7.16. The third kappa shape index (κ3) is 3.21. The lowest BCUT2D eigenvalue weighted by molar-refractivity contribution is -0.119. The van der Waals surface area contributed by atoms with E-state index in [0.29, 0.717) is 32.1 Å². The SMILES string of the molecule is O=C(Nc1cnn(C[C@H]2COc3ccccc3O2)c1)[C@@H]1CCOC1. The number of fused-ring (bicyclic) bond motifs is 1. The van der Waals surface area contributed by atoms with E-state index in [0.717, 1.165) is 17.9 Å². The molecular weight excluding hydrogens is 310 g/mol. The van der Waals surface area contributed by atoms with E-state index in [9.17, 15) is 4.79 Å². The van der Waals surface area contributed by atoms with Gasteiger partial charge in [-0.2, -0.15) is 5.10 Å². The largest absolute Gasteiger partial charge is 0.486 e. The molecular formula is C17H19N3O4. The highest BCUT2D eigenvalue weighted by Gasteiger charge is 2.24. The van der Waals surface area contributed by atoms with Crippen LogP contribution < -0.4 is 14.8 Å². The van der Waals surface area contributed by atoms with Crippen molar-refractivity contribution in [1.82, 2.24) is 9.78 Å². The first-order valence-corrected chi connectivity index (χ1v) is 8.07. The maximum absolute atomic E-state index is 12.1. The molecule has 2 aliphatic rings. The fraction of sp³-hybridized carbons (Fsp3) is 0.412. The summed E-state index contributed by atoms with van der Waals surface area (Å²) in [6, 6.07) is 7.61. The Bertz CT molecular complexity index is 724. The molecule has 3 heterocycles. The Morgan fingerprint density at radius 1 is 1.29 bits per heavy atom. The number of anilines is 1. The van der Waals surface area contributed by atoms with Crippen molar-refractivity contribution in [1.29, 1.82) is 0 Å². The molecule has 0 bridgehead atoms. The molecule has 24 heavy (non-hydrogen) atoms. The van der Waals surface area contributed by atoms with Gasteiger partial charge in [0.25, 0.3) is 0 Å². The Labute approximate surface area is 139 Å². The van der Waals surface area contributed by atoms with Crippen LogP contribution >= 0.6 is 0 Å². The van der Waals surface area contributed by atoms with E-state index in [1.54, 1.807) is 17.1 Å². The first-order chi connectivity index (χ1) is 11.8. The topological polar surface area (TPSA) is 74.6 Å². The summed E-state index contributed by atoms with van der Waals surface area (Å²) in [5.74, 6) is 1.43. The van der Waals surface area contributed by atoms with Crippen LogP contribution in [0, 0.1) is 5.92 Å². The van der Waals surface area contributed by atoms with E-state index < -0.39 is 0 Å². The molecule has 0 aliphatic carbocycles. The Hall–Kier alpha value is -2.54. The fourth-order valence-corrected chi connectivity index (χ4v) is 2.88. The lowest BCUT2D eigenvalue weighted by Crippen LogP contribution is -2.33. The van der Waals surface area contributed by atoms with E-state index in [2.05, 4.69) is 10.4 Å². The predicted molar refractivity (Wildman–Crippen MR) is 86.1 cm³/mol. The number of ether oxygens (including phenoxy) is 3. The maximum atomic E-state index is 12.1. The van der Waals surface area contributed by atoms with Crippen molar-refractivity contribution in [2.45, 2.75) is 19.1 Å².